The first kappa shape index (κ1) is 24.4. The normalized spacial score (nSPS) is 11.8. The first-order valence-electron chi connectivity index (χ1n) is 11.4. The van der Waals surface area contributed by atoms with Gasteiger partial charge in [0.25, 0.3) is 11.8 Å². The van der Waals surface area contributed by atoms with Crippen LogP contribution in [0, 0.1) is 6.92 Å². The lowest BCUT2D eigenvalue weighted by atomic mass is 9.97. The molecule has 180 valence electrons. The Morgan fingerprint density at radius 2 is 1.83 bits per heavy atom. The third-order valence-corrected chi connectivity index (χ3v) is 7.10. The van der Waals surface area contributed by atoms with Crippen molar-refractivity contribution in [2.45, 2.75) is 26.4 Å². The van der Waals surface area contributed by atoms with E-state index in [0.29, 0.717) is 17.0 Å². The van der Waals surface area contributed by atoms with Crippen molar-refractivity contribution >= 4 is 23.2 Å². The first-order chi connectivity index (χ1) is 16.8. The number of carbonyl (C=O) groups excluding carboxylic acids is 2. The number of nitrogens with one attached hydrogen (secondary N) is 2. The number of nitrogens with two attached hydrogens (primary N) is 1. The highest BCUT2D eigenvalue weighted by Crippen LogP contribution is 2.34. The Balaban J connectivity index is 1.70. The van der Waals surface area contributed by atoms with Crippen molar-refractivity contribution in [3.63, 3.8) is 0 Å². The molecule has 7 nitrogen and oxygen atoms in total. The summed E-state index contributed by atoms with van der Waals surface area (Å²) >= 11 is 1.43. The third kappa shape index (κ3) is 5.34. The Labute approximate surface area is 209 Å². The largest absolute Gasteiger partial charge is 0.354 e. The fourth-order valence-electron chi connectivity index (χ4n) is 3.92. The molecule has 4 aromatic rings. The van der Waals surface area contributed by atoms with Crippen LogP contribution >= 0.6 is 11.3 Å². The van der Waals surface area contributed by atoms with Crippen LogP contribution in [0.1, 0.15) is 49.7 Å². The van der Waals surface area contributed by atoms with Crippen molar-refractivity contribution in [2.24, 2.45) is 12.8 Å². The summed E-state index contributed by atoms with van der Waals surface area (Å²) in [5.41, 5.74) is 12.1. The zero-order valence-electron chi connectivity index (χ0n) is 20.3. The molecule has 8 heteroatoms. The van der Waals surface area contributed by atoms with Crippen LogP contribution < -0.4 is 16.4 Å². The number of benzene rings is 2. The van der Waals surface area contributed by atoms with Gasteiger partial charge in [-0.2, -0.15) is 5.10 Å². The SMILES string of the molecule is CNC(=O)c1ccc(-c2cc(-c3cnn(C)c3)cc(C(C)NC(=O)c3cc(CN)ccc3C)c2)s1. The maximum atomic E-state index is 13.1. The predicted molar refractivity (Wildman–Crippen MR) is 140 cm³/mol. The predicted octanol–water partition coefficient (Wildman–Crippen LogP) is 4.43. The number of aryl methyl sites for hydroxylation is 2. The van der Waals surface area contributed by atoms with E-state index in [9.17, 15) is 9.59 Å². The number of carbonyl (C=O) groups is 2. The van der Waals surface area contributed by atoms with Crippen molar-refractivity contribution in [1.82, 2.24) is 20.4 Å². The summed E-state index contributed by atoms with van der Waals surface area (Å²) in [5.74, 6) is -0.253. The summed E-state index contributed by atoms with van der Waals surface area (Å²) in [4.78, 5) is 26.8. The van der Waals surface area contributed by atoms with Gasteiger partial charge in [0.2, 0.25) is 0 Å². The molecule has 1 atom stereocenters. The lowest BCUT2D eigenvalue weighted by molar-refractivity contribution is 0.0937. The van der Waals surface area contributed by atoms with Gasteiger partial charge in [-0.3, -0.25) is 14.3 Å². The molecule has 0 spiro atoms. The van der Waals surface area contributed by atoms with E-state index in [1.807, 2.05) is 63.6 Å². The highest BCUT2D eigenvalue weighted by atomic mass is 32.1. The van der Waals surface area contributed by atoms with Crippen LogP contribution in [0.3, 0.4) is 0 Å². The Bertz CT molecular complexity index is 1390. The van der Waals surface area contributed by atoms with Gasteiger partial charge in [-0.15, -0.1) is 11.3 Å². The number of hydrogen-bond donors (Lipinski definition) is 3. The highest BCUT2D eigenvalue weighted by Gasteiger charge is 2.17. The van der Waals surface area contributed by atoms with Crippen LogP contribution in [0.5, 0.6) is 0 Å². The highest BCUT2D eigenvalue weighted by molar-refractivity contribution is 7.17. The molecule has 2 amide bonds. The lowest BCUT2D eigenvalue weighted by Crippen LogP contribution is -2.27. The summed E-state index contributed by atoms with van der Waals surface area (Å²) in [6.07, 6.45) is 3.77. The van der Waals surface area contributed by atoms with Crippen molar-refractivity contribution in [2.75, 3.05) is 7.05 Å². The Morgan fingerprint density at radius 3 is 2.51 bits per heavy atom. The van der Waals surface area contributed by atoms with Gasteiger partial charge in [0.1, 0.15) is 0 Å². The van der Waals surface area contributed by atoms with E-state index in [0.717, 1.165) is 38.3 Å². The zero-order chi connectivity index (χ0) is 25.1. The number of nitrogens with zero attached hydrogens (tertiary/aromatic N) is 2. The van der Waals surface area contributed by atoms with Crippen LogP contribution in [0.15, 0.2) is 60.9 Å². The van der Waals surface area contributed by atoms with Gasteiger partial charge < -0.3 is 16.4 Å². The second kappa shape index (κ2) is 10.2. The smallest absolute Gasteiger partial charge is 0.261 e. The topological polar surface area (TPSA) is 102 Å². The van der Waals surface area contributed by atoms with E-state index in [-0.39, 0.29) is 17.9 Å². The monoisotopic (exact) mass is 487 g/mol. The van der Waals surface area contributed by atoms with Crippen molar-refractivity contribution < 1.29 is 9.59 Å². The number of amides is 2. The minimum Gasteiger partial charge on any atom is -0.354 e. The molecule has 2 aromatic heterocycles. The molecule has 0 saturated heterocycles. The zero-order valence-corrected chi connectivity index (χ0v) is 21.1. The molecule has 35 heavy (non-hydrogen) atoms. The van der Waals surface area contributed by atoms with Gasteiger partial charge in [0.05, 0.1) is 17.1 Å². The van der Waals surface area contributed by atoms with Crippen LogP contribution in [0.2, 0.25) is 0 Å². The molecule has 4 rings (SSSR count). The van der Waals surface area contributed by atoms with E-state index in [2.05, 4.69) is 33.9 Å². The number of hydrogen-bond acceptors (Lipinski definition) is 5. The summed E-state index contributed by atoms with van der Waals surface area (Å²) in [6.45, 7) is 4.27. The van der Waals surface area contributed by atoms with Gasteiger partial charge in [0, 0.05) is 42.8 Å². The summed E-state index contributed by atoms with van der Waals surface area (Å²) in [7, 11) is 3.50. The maximum Gasteiger partial charge on any atom is 0.261 e. The fourth-order valence-corrected chi connectivity index (χ4v) is 4.86. The fraction of sp³-hybridized carbons (Fsp3) is 0.222. The van der Waals surface area contributed by atoms with Crippen LogP contribution in [0.4, 0.5) is 0 Å². The number of rotatable bonds is 7. The van der Waals surface area contributed by atoms with E-state index in [4.69, 9.17) is 5.73 Å². The average molecular weight is 488 g/mol. The minimum absolute atomic E-state index is 0.111. The standard InChI is InChI=1S/C27H29N5O2S/c1-16-5-6-18(13-28)9-23(16)26(33)31-17(2)19-10-20(22-14-30-32(4)15-22)12-21(11-19)24-7-8-25(35-24)27(34)29-3/h5-12,14-15,17H,13,28H2,1-4H3,(H,29,34)(H,31,33). The lowest BCUT2D eigenvalue weighted by Gasteiger charge is -2.18. The third-order valence-electron chi connectivity index (χ3n) is 5.96. The summed E-state index contributed by atoms with van der Waals surface area (Å²) < 4.78 is 1.76. The Morgan fingerprint density at radius 1 is 1.06 bits per heavy atom. The molecule has 0 aliphatic carbocycles. The molecule has 0 aliphatic heterocycles. The second-order valence-electron chi connectivity index (χ2n) is 8.54. The Hall–Kier alpha value is -3.75. The van der Waals surface area contributed by atoms with Crippen molar-refractivity contribution in [1.29, 1.82) is 0 Å². The number of thiophene rings is 1. The first-order valence-corrected chi connectivity index (χ1v) is 12.2. The molecule has 2 aromatic carbocycles. The molecule has 0 bridgehead atoms. The molecule has 0 saturated carbocycles. The molecule has 0 aliphatic rings. The quantitative estimate of drug-likeness (QED) is 0.359. The minimum atomic E-state index is -0.253. The van der Waals surface area contributed by atoms with Crippen molar-refractivity contribution in [3.05, 3.63) is 88.1 Å². The van der Waals surface area contributed by atoms with Gasteiger partial charge in [-0.25, -0.2) is 0 Å². The van der Waals surface area contributed by atoms with Gasteiger partial charge in [0.15, 0.2) is 0 Å². The van der Waals surface area contributed by atoms with E-state index in [1.165, 1.54) is 11.3 Å². The molecule has 0 fully saturated rings. The van der Waals surface area contributed by atoms with E-state index < -0.39 is 0 Å². The van der Waals surface area contributed by atoms with Gasteiger partial charge in [-0.1, -0.05) is 12.1 Å². The van der Waals surface area contributed by atoms with Gasteiger partial charge >= 0.3 is 0 Å². The molecule has 4 N–H and O–H groups in total. The second-order valence-corrected chi connectivity index (χ2v) is 9.62. The maximum absolute atomic E-state index is 13.1. The van der Waals surface area contributed by atoms with E-state index in [1.54, 1.807) is 11.7 Å². The van der Waals surface area contributed by atoms with Crippen molar-refractivity contribution in [3.8, 4) is 21.6 Å². The summed E-state index contributed by atoms with van der Waals surface area (Å²) in [6, 6.07) is 15.5. The molecular weight excluding hydrogens is 458 g/mol. The molecule has 2 heterocycles. The van der Waals surface area contributed by atoms with Crippen LogP contribution in [0.25, 0.3) is 21.6 Å². The molecule has 1 unspecified atom stereocenters. The Kier molecular flexibility index (Phi) is 7.14. The van der Waals surface area contributed by atoms with Crippen LogP contribution in [-0.4, -0.2) is 28.6 Å². The van der Waals surface area contributed by atoms with Gasteiger partial charge in [-0.05, 0) is 78.1 Å². The number of aromatic nitrogens is 2. The van der Waals surface area contributed by atoms with E-state index >= 15 is 0 Å². The van der Waals surface area contributed by atoms with Crippen LogP contribution in [-0.2, 0) is 13.6 Å². The average Bonchev–Trinajstić information content (AvgIpc) is 3.53. The molecule has 0 radical (unpaired) electrons. The molecular formula is C27H29N5O2S. The summed E-state index contributed by atoms with van der Waals surface area (Å²) in [5, 5.41) is 10.1.